The average Bonchev–Trinajstić information content (AvgIpc) is 1.79. The Balaban J connectivity index is 2.20. The molecule has 0 aromatic rings. The fraction of sp³-hybridized carbons (Fsp3) is 1.00. The van der Waals surface area contributed by atoms with Crippen LogP contribution in [0.5, 0.6) is 0 Å². The molecule has 1 rings (SSSR count). The third-order valence-corrected chi connectivity index (χ3v) is 0.759. The quantitative estimate of drug-likeness (QED) is 0.432. The van der Waals surface area contributed by atoms with Gasteiger partial charge in [-0.3, -0.25) is 0 Å². The monoisotopic (exact) mass is 75.0 g/mol. The van der Waals surface area contributed by atoms with Gasteiger partial charge < -0.3 is 5.73 Å². The van der Waals surface area contributed by atoms with Crippen LogP contribution in [0, 0.1) is 0 Å². The Bertz CT molecular complexity index is 40.2. The van der Waals surface area contributed by atoms with Crippen LogP contribution in [0.25, 0.3) is 0 Å². The third kappa shape index (κ3) is 0.401. The lowest BCUT2D eigenvalue weighted by molar-refractivity contribution is 0.467. The van der Waals surface area contributed by atoms with E-state index in [0.717, 1.165) is 0 Å². The van der Waals surface area contributed by atoms with E-state index in [1.807, 2.05) is 0 Å². The smallest absolute Gasteiger partial charge is 0.117 e. The van der Waals surface area contributed by atoms with E-state index < -0.39 is 6.17 Å². The molecule has 1 saturated carbocycles. The third-order valence-electron chi connectivity index (χ3n) is 0.759. The van der Waals surface area contributed by atoms with E-state index in [-0.39, 0.29) is 6.04 Å². The second-order valence-corrected chi connectivity index (χ2v) is 1.42. The summed E-state index contributed by atoms with van der Waals surface area (Å²) in [6.45, 7) is 0. The van der Waals surface area contributed by atoms with Gasteiger partial charge in [-0.1, -0.05) is 0 Å². The zero-order chi connectivity index (χ0) is 3.86. The van der Waals surface area contributed by atoms with Gasteiger partial charge in [0.25, 0.3) is 0 Å². The number of rotatable bonds is 0. The van der Waals surface area contributed by atoms with Crippen LogP contribution < -0.4 is 5.73 Å². The summed E-state index contributed by atoms with van der Waals surface area (Å²) in [5.74, 6) is 0. The van der Waals surface area contributed by atoms with Crippen molar-refractivity contribution in [3.8, 4) is 0 Å². The summed E-state index contributed by atoms with van der Waals surface area (Å²) in [4.78, 5) is 0. The summed E-state index contributed by atoms with van der Waals surface area (Å²) >= 11 is 0. The Morgan fingerprint density at radius 1 is 1.80 bits per heavy atom. The molecule has 0 bridgehead atoms. The highest BCUT2D eigenvalue weighted by Crippen LogP contribution is 2.21. The molecule has 0 aliphatic heterocycles. The highest BCUT2D eigenvalue weighted by atomic mass is 19.1. The number of nitrogens with two attached hydrogens (primary N) is 1. The summed E-state index contributed by atoms with van der Waals surface area (Å²) in [6, 6.07) is -0.116. The molecule has 1 aliphatic carbocycles. The van der Waals surface area contributed by atoms with Crippen LogP contribution in [0.2, 0.25) is 0 Å². The molecule has 0 saturated heterocycles. The maximum absolute atomic E-state index is 11.4. The zero-order valence-corrected chi connectivity index (χ0v) is 2.82. The van der Waals surface area contributed by atoms with Gasteiger partial charge in [-0.05, 0) is 6.42 Å². The Labute approximate surface area is 30.0 Å². The van der Waals surface area contributed by atoms with E-state index >= 15 is 0 Å². The molecular formula is C3H6FN. The summed E-state index contributed by atoms with van der Waals surface area (Å²) in [5.41, 5.74) is 4.99. The Morgan fingerprint density at radius 3 is 2.00 bits per heavy atom. The van der Waals surface area contributed by atoms with Crippen molar-refractivity contribution in [3.63, 3.8) is 0 Å². The summed E-state index contributed by atoms with van der Waals surface area (Å²) in [7, 11) is 0. The molecular weight excluding hydrogens is 69.0 g/mol. The van der Waals surface area contributed by atoms with Gasteiger partial charge in [0.15, 0.2) is 0 Å². The minimum Gasteiger partial charge on any atom is -0.325 e. The first kappa shape index (κ1) is 3.09. The summed E-state index contributed by atoms with van der Waals surface area (Å²) in [5, 5.41) is 0. The molecule has 5 heavy (non-hydrogen) atoms. The topological polar surface area (TPSA) is 26.0 Å². The number of hydrogen-bond acceptors (Lipinski definition) is 1. The van der Waals surface area contributed by atoms with E-state index in [9.17, 15) is 4.39 Å². The number of alkyl halides is 1. The SMILES string of the molecule is N[C@H]1C[C@@H]1F. The lowest BCUT2D eigenvalue weighted by atomic mass is 10.8. The second kappa shape index (κ2) is 0.684. The molecule has 0 unspecified atom stereocenters. The van der Waals surface area contributed by atoms with Gasteiger partial charge in [-0.25, -0.2) is 4.39 Å². The Hall–Kier alpha value is -0.110. The molecule has 0 amide bonds. The molecule has 2 atom stereocenters. The first-order valence-corrected chi connectivity index (χ1v) is 1.70. The van der Waals surface area contributed by atoms with Crippen LogP contribution >= 0.6 is 0 Å². The van der Waals surface area contributed by atoms with E-state index in [1.54, 1.807) is 0 Å². The molecule has 1 fully saturated rings. The molecule has 0 radical (unpaired) electrons. The van der Waals surface area contributed by atoms with Gasteiger partial charge in [-0.15, -0.1) is 0 Å². The van der Waals surface area contributed by atoms with Crippen molar-refractivity contribution in [2.24, 2.45) is 5.73 Å². The van der Waals surface area contributed by atoms with Crippen molar-refractivity contribution in [2.45, 2.75) is 18.6 Å². The van der Waals surface area contributed by atoms with Gasteiger partial charge in [0, 0.05) is 6.04 Å². The van der Waals surface area contributed by atoms with Crippen LogP contribution in [0.3, 0.4) is 0 Å². The van der Waals surface area contributed by atoms with E-state index in [4.69, 9.17) is 5.73 Å². The second-order valence-electron chi connectivity index (χ2n) is 1.42. The predicted molar refractivity (Wildman–Crippen MR) is 17.5 cm³/mol. The minimum atomic E-state index is -0.671. The van der Waals surface area contributed by atoms with Crippen LogP contribution in [0.1, 0.15) is 6.42 Å². The van der Waals surface area contributed by atoms with Crippen LogP contribution in [0.4, 0.5) is 4.39 Å². The Morgan fingerprint density at radius 2 is 2.00 bits per heavy atom. The lowest BCUT2D eigenvalue weighted by Gasteiger charge is -1.66. The molecule has 1 aliphatic rings. The number of hydrogen-bond donors (Lipinski definition) is 1. The first-order chi connectivity index (χ1) is 2.30. The van der Waals surface area contributed by atoms with Crippen molar-refractivity contribution in [2.75, 3.05) is 0 Å². The normalized spacial score (nSPS) is 49.2. The molecule has 0 aromatic carbocycles. The maximum Gasteiger partial charge on any atom is 0.117 e. The molecule has 0 spiro atoms. The van der Waals surface area contributed by atoms with Gasteiger partial charge in [0.05, 0.1) is 0 Å². The predicted octanol–water partition coefficient (Wildman–Crippen LogP) is 0.0555. The Kier molecular flexibility index (Phi) is 0.424. The van der Waals surface area contributed by atoms with Crippen molar-refractivity contribution in [1.82, 2.24) is 0 Å². The molecule has 0 aromatic heterocycles. The van der Waals surface area contributed by atoms with Gasteiger partial charge in [-0.2, -0.15) is 0 Å². The standard InChI is InChI=1S/C3H6FN/c4-2-1-3(2)5/h2-3H,1,5H2/t2-,3-/m0/s1. The molecule has 2 heteroatoms. The first-order valence-electron chi connectivity index (χ1n) is 1.70. The minimum absolute atomic E-state index is 0.116. The van der Waals surface area contributed by atoms with Gasteiger partial charge >= 0.3 is 0 Å². The van der Waals surface area contributed by atoms with E-state index in [1.165, 1.54) is 0 Å². The lowest BCUT2D eigenvalue weighted by Crippen LogP contribution is -2.00. The van der Waals surface area contributed by atoms with E-state index in [2.05, 4.69) is 0 Å². The van der Waals surface area contributed by atoms with Gasteiger partial charge in [0.1, 0.15) is 6.17 Å². The van der Waals surface area contributed by atoms with Crippen LogP contribution in [0.15, 0.2) is 0 Å². The molecule has 1 nitrogen and oxygen atoms in total. The van der Waals surface area contributed by atoms with Gasteiger partial charge in [0.2, 0.25) is 0 Å². The highest BCUT2D eigenvalue weighted by molar-refractivity contribution is 4.89. The highest BCUT2D eigenvalue weighted by Gasteiger charge is 2.32. The van der Waals surface area contributed by atoms with Crippen molar-refractivity contribution in [1.29, 1.82) is 0 Å². The van der Waals surface area contributed by atoms with E-state index in [0.29, 0.717) is 6.42 Å². The summed E-state index contributed by atoms with van der Waals surface area (Å²) < 4.78 is 11.4. The summed E-state index contributed by atoms with van der Waals surface area (Å²) in [6.07, 6.45) is -0.0880. The van der Waals surface area contributed by atoms with Crippen LogP contribution in [-0.2, 0) is 0 Å². The molecule has 30 valence electrons. The van der Waals surface area contributed by atoms with Crippen molar-refractivity contribution < 1.29 is 4.39 Å². The van der Waals surface area contributed by atoms with Crippen molar-refractivity contribution >= 4 is 0 Å². The average molecular weight is 75.1 g/mol. The largest absolute Gasteiger partial charge is 0.325 e. The molecule has 0 heterocycles. The maximum atomic E-state index is 11.4. The van der Waals surface area contributed by atoms with Crippen molar-refractivity contribution in [3.05, 3.63) is 0 Å². The zero-order valence-electron chi connectivity index (χ0n) is 2.82. The molecule has 2 N–H and O–H groups in total. The van der Waals surface area contributed by atoms with Crippen LogP contribution in [-0.4, -0.2) is 12.2 Å². The number of halogens is 1. The fourth-order valence-electron chi connectivity index (χ4n) is 0.181. The fourth-order valence-corrected chi connectivity index (χ4v) is 0.181.